The topological polar surface area (TPSA) is 164 Å². The van der Waals surface area contributed by atoms with E-state index < -0.39 is 23.8 Å². The van der Waals surface area contributed by atoms with Crippen LogP contribution in [0.1, 0.15) is 28.4 Å². The first-order chi connectivity index (χ1) is 15.5. The van der Waals surface area contributed by atoms with E-state index in [0.717, 1.165) is 0 Å². The van der Waals surface area contributed by atoms with Gasteiger partial charge in [-0.05, 0) is 35.9 Å². The summed E-state index contributed by atoms with van der Waals surface area (Å²) in [6, 6.07) is 10.6. The van der Waals surface area contributed by atoms with E-state index in [1.54, 1.807) is 36.4 Å². The van der Waals surface area contributed by atoms with Crippen molar-refractivity contribution in [2.45, 2.75) is 12.5 Å². The lowest BCUT2D eigenvalue weighted by Gasteiger charge is -2.22. The molecule has 2 aromatic rings. The van der Waals surface area contributed by atoms with Gasteiger partial charge in [-0.2, -0.15) is 0 Å². The summed E-state index contributed by atoms with van der Waals surface area (Å²) in [5.41, 5.74) is 3.62. The van der Waals surface area contributed by atoms with Gasteiger partial charge in [0.2, 0.25) is 5.91 Å². The van der Waals surface area contributed by atoms with Gasteiger partial charge in [0.1, 0.15) is 19.6 Å². The average Bonchev–Trinajstić information content (AvgIpc) is 2.80. The van der Waals surface area contributed by atoms with Crippen molar-refractivity contribution in [3.63, 3.8) is 0 Å². The molecular weight excluding hydrogens is 418 g/mol. The van der Waals surface area contributed by atoms with Gasteiger partial charge in [0.25, 0.3) is 5.91 Å². The maximum atomic E-state index is 12.4. The predicted octanol–water partition coefficient (Wildman–Crippen LogP) is 0.643. The molecule has 3 rings (SSSR count). The summed E-state index contributed by atoms with van der Waals surface area (Å²) in [7, 11) is 0. The lowest BCUT2D eigenvalue weighted by atomic mass is 10.0. The van der Waals surface area contributed by atoms with Crippen LogP contribution in [0.5, 0.6) is 11.5 Å². The number of carbonyl (C=O) groups is 3. The molecule has 0 saturated carbocycles. The fraction of sp³-hybridized carbons (Fsp3) is 0.238. The summed E-state index contributed by atoms with van der Waals surface area (Å²) in [6.45, 7) is 0.478. The molecule has 1 heterocycles. The fourth-order valence-electron chi connectivity index (χ4n) is 3.05. The second-order valence-corrected chi connectivity index (χ2v) is 6.78. The summed E-state index contributed by atoms with van der Waals surface area (Å²) in [6.07, 6.45) is 0.930. The first-order valence-electron chi connectivity index (χ1n) is 9.74. The van der Waals surface area contributed by atoms with Gasteiger partial charge in [-0.25, -0.2) is 10.8 Å². The minimum absolute atomic E-state index is 0.304. The van der Waals surface area contributed by atoms with Crippen LogP contribution in [-0.4, -0.2) is 49.0 Å². The Bertz CT molecular complexity index is 1030. The monoisotopic (exact) mass is 441 g/mol. The lowest BCUT2D eigenvalue weighted by molar-refractivity contribution is -0.137. The number of hydrogen-bond acceptors (Lipinski definition) is 7. The van der Waals surface area contributed by atoms with E-state index in [1.807, 2.05) is 0 Å². The standard InChI is InChI=1S/C21H23N5O6/c22-25-12-24-15-3-1-2-14(8-15)21(30)23-11-19(27)26-16(10-20(28)29)13-4-5-17-18(9-13)32-7-6-31-17/h1-5,8-9,12,16H,6-7,10-11,22H2,(H,23,30)(H,24,25)(H,26,27)(H,28,29). The predicted molar refractivity (Wildman–Crippen MR) is 115 cm³/mol. The van der Waals surface area contributed by atoms with Gasteiger partial charge in [-0.3, -0.25) is 14.4 Å². The number of rotatable bonds is 9. The van der Waals surface area contributed by atoms with Crippen LogP contribution in [0.25, 0.3) is 0 Å². The highest BCUT2D eigenvalue weighted by atomic mass is 16.6. The molecule has 0 bridgehead atoms. The molecule has 0 fully saturated rings. The minimum atomic E-state index is -1.08. The molecule has 0 radical (unpaired) electrons. The van der Waals surface area contributed by atoms with E-state index in [4.69, 9.17) is 15.3 Å². The van der Waals surface area contributed by atoms with E-state index in [9.17, 15) is 19.5 Å². The van der Waals surface area contributed by atoms with Crippen LogP contribution in [-0.2, 0) is 9.59 Å². The molecule has 168 valence electrons. The van der Waals surface area contributed by atoms with Crippen molar-refractivity contribution in [1.29, 1.82) is 0 Å². The van der Waals surface area contributed by atoms with Gasteiger partial charge in [0.05, 0.1) is 24.7 Å². The Kier molecular flexibility index (Phi) is 7.60. The van der Waals surface area contributed by atoms with Crippen molar-refractivity contribution in [2.24, 2.45) is 10.8 Å². The van der Waals surface area contributed by atoms with Crippen LogP contribution in [0.4, 0.5) is 5.69 Å². The Labute approximate surface area is 183 Å². The van der Waals surface area contributed by atoms with Gasteiger partial charge in [0.15, 0.2) is 11.5 Å². The van der Waals surface area contributed by atoms with E-state index >= 15 is 0 Å². The van der Waals surface area contributed by atoms with Crippen molar-refractivity contribution >= 4 is 29.8 Å². The van der Waals surface area contributed by atoms with Crippen molar-refractivity contribution in [3.8, 4) is 11.5 Å². The number of nitrogens with two attached hydrogens (primary N) is 1. The molecule has 0 aliphatic carbocycles. The first kappa shape index (κ1) is 22.6. The number of nitrogens with zero attached hydrogens (tertiary/aromatic N) is 1. The molecule has 0 aromatic heterocycles. The third kappa shape index (κ3) is 6.19. The summed E-state index contributed by atoms with van der Waals surface area (Å²) >= 11 is 0. The molecule has 1 unspecified atom stereocenters. The summed E-state index contributed by atoms with van der Waals surface area (Å²) in [4.78, 5) is 40.1. The Balaban J connectivity index is 1.62. The molecule has 0 spiro atoms. The van der Waals surface area contributed by atoms with Gasteiger partial charge < -0.3 is 30.6 Å². The zero-order valence-electron chi connectivity index (χ0n) is 17.0. The Morgan fingerprint density at radius 1 is 1.12 bits per heavy atom. The largest absolute Gasteiger partial charge is 0.486 e. The number of fused-ring (bicyclic) bond motifs is 1. The van der Waals surface area contributed by atoms with Crippen molar-refractivity contribution in [1.82, 2.24) is 16.1 Å². The zero-order chi connectivity index (χ0) is 22.9. The number of ether oxygens (including phenoxy) is 2. The molecule has 2 amide bonds. The van der Waals surface area contributed by atoms with Gasteiger partial charge in [-0.15, -0.1) is 0 Å². The van der Waals surface area contributed by atoms with E-state index in [1.165, 1.54) is 12.4 Å². The second-order valence-electron chi connectivity index (χ2n) is 6.78. The molecule has 32 heavy (non-hydrogen) atoms. The maximum Gasteiger partial charge on any atom is 0.305 e. The normalized spacial score (nSPS) is 13.3. The number of benzene rings is 2. The molecule has 1 aliphatic heterocycles. The number of hydrogen-bond donors (Lipinski definition) is 5. The number of carboxylic acids is 1. The number of nitrogens with one attached hydrogen (secondary N) is 3. The van der Waals surface area contributed by atoms with E-state index in [2.05, 4.69) is 21.1 Å². The van der Waals surface area contributed by atoms with Crippen LogP contribution < -0.4 is 31.4 Å². The number of amides is 2. The third-order valence-electron chi connectivity index (χ3n) is 4.49. The van der Waals surface area contributed by atoms with Crippen LogP contribution in [0, 0.1) is 0 Å². The summed E-state index contributed by atoms with van der Waals surface area (Å²) in [5.74, 6) is 4.06. The molecule has 2 aromatic carbocycles. The fourth-order valence-corrected chi connectivity index (χ4v) is 3.05. The van der Waals surface area contributed by atoms with Gasteiger partial charge in [-0.1, -0.05) is 12.1 Å². The molecule has 11 nitrogen and oxygen atoms in total. The Morgan fingerprint density at radius 2 is 1.91 bits per heavy atom. The molecular formula is C21H23N5O6. The Morgan fingerprint density at radius 3 is 2.66 bits per heavy atom. The SMILES string of the molecule is NNC=Nc1cccc(C(=O)NCC(=O)NC(CC(=O)O)c2ccc3c(c2)OCCO3)c1. The van der Waals surface area contributed by atoms with E-state index in [0.29, 0.717) is 41.5 Å². The average molecular weight is 441 g/mol. The number of aliphatic carboxylic acids is 1. The highest BCUT2D eigenvalue weighted by Crippen LogP contribution is 2.33. The van der Waals surface area contributed by atoms with Crippen LogP contribution >= 0.6 is 0 Å². The first-order valence-corrected chi connectivity index (χ1v) is 9.74. The number of carbonyl (C=O) groups excluding carboxylic acids is 2. The summed E-state index contributed by atoms with van der Waals surface area (Å²) < 4.78 is 11.0. The number of carboxylic acid groups (broad SMARTS) is 1. The number of aliphatic imine (C=N–C) groups is 1. The van der Waals surface area contributed by atoms with Crippen molar-refractivity contribution in [3.05, 3.63) is 53.6 Å². The van der Waals surface area contributed by atoms with E-state index in [-0.39, 0.29) is 13.0 Å². The smallest absolute Gasteiger partial charge is 0.305 e. The molecule has 11 heteroatoms. The lowest BCUT2D eigenvalue weighted by Crippen LogP contribution is -2.39. The third-order valence-corrected chi connectivity index (χ3v) is 4.49. The molecule has 0 saturated heterocycles. The Hall–Kier alpha value is -4.12. The molecule has 1 atom stereocenters. The van der Waals surface area contributed by atoms with Crippen LogP contribution in [0.3, 0.4) is 0 Å². The highest BCUT2D eigenvalue weighted by Gasteiger charge is 2.21. The second kappa shape index (κ2) is 10.8. The quantitative estimate of drug-likeness (QED) is 0.164. The van der Waals surface area contributed by atoms with Crippen LogP contribution in [0.15, 0.2) is 47.5 Å². The summed E-state index contributed by atoms with van der Waals surface area (Å²) in [5, 5.41) is 14.4. The van der Waals surface area contributed by atoms with Crippen molar-refractivity contribution in [2.75, 3.05) is 19.8 Å². The van der Waals surface area contributed by atoms with Gasteiger partial charge >= 0.3 is 5.97 Å². The zero-order valence-corrected chi connectivity index (χ0v) is 17.0. The minimum Gasteiger partial charge on any atom is -0.486 e. The van der Waals surface area contributed by atoms with Crippen molar-refractivity contribution < 1.29 is 29.0 Å². The highest BCUT2D eigenvalue weighted by molar-refractivity contribution is 5.97. The van der Waals surface area contributed by atoms with Gasteiger partial charge in [0, 0.05) is 5.56 Å². The number of hydrazine groups is 1. The van der Waals surface area contributed by atoms with Crippen LogP contribution in [0.2, 0.25) is 0 Å². The molecule has 6 N–H and O–H groups in total. The molecule has 1 aliphatic rings. The maximum absolute atomic E-state index is 12.4.